The lowest BCUT2D eigenvalue weighted by atomic mass is 10.2. The van der Waals surface area contributed by atoms with Gasteiger partial charge in [-0.05, 0) is 24.3 Å². The maximum Gasteiger partial charge on any atom is 0.435 e. The van der Waals surface area contributed by atoms with E-state index in [1.54, 1.807) is 16.9 Å². The fourth-order valence-electron chi connectivity index (χ4n) is 2.68. The van der Waals surface area contributed by atoms with Crippen LogP contribution in [0.2, 0.25) is 0 Å². The molecule has 4 rings (SSSR count). The lowest BCUT2D eigenvalue weighted by Gasteiger charge is -2.02. The molecular weight excluding hydrogens is 331 g/mol. The van der Waals surface area contributed by atoms with E-state index in [9.17, 15) is 13.2 Å². The highest BCUT2D eigenvalue weighted by Gasteiger charge is 2.36. The summed E-state index contributed by atoms with van der Waals surface area (Å²) < 4.78 is 42.5. The van der Waals surface area contributed by atoms with Gasteiger partial charge in [0.1, 0.15) is 0 Å². The van der Waals surface area contributed by atoms with Gasteiger partial charge in [-0.3, -0.25) is 9.67 Å². The number of hydrogen-bond acceptors (Lipinski definition) is 3. The monoisotopic (exact) mass is 343 g/mol. The molecule has 0 spiro atoms. The highest BCUT2D eigenvalue weighted by atomic mass is 19.4. The quantitative estimate of drug-likeness (QED) is 0.570. The standard InChI is InChI=1S/C17H12F3N5/c18-17(19,20)16-14-10-21-8-6-15(14)25(23-16)11-12-7-9-24(22-12)13-4-2-1-3-5-13/h1-10H,11H2. The Morgan fingerprint density at radius 2 is 1.76 bits per heavy atom. The average molecular weight is 343 g/mol. The molecule has 0 unspecified atom stereocenters. The Balaban J connectivity index is 1.71. The van der Waals surface area contributed by atoms with E-state index in [0.717, 1.165) is 5.69 Å². The van der Waals surface area contributed by atoms with E-state index < -0.39 is 11.9 Å². The third kappa shape index (κ3) is 2.86. The van der Waals surface area contributed by atoms with Crippen LogP contribution in [0.3, 0.4) is 0 Å². The minimum absolute atomic E-state index is 0.0162. The summed E-state index contributed by atoms with van der Waals surface area (Å²) in [6.45, 7) is 0.135. The van der Waals surface area contributed by atoms with Crippen LogP contribution in [-0.2, 0) is 12.7 Å². The van der Waals surface area contributed by atoms with Crippen LogP contribution in [0.15, 0.2) is 61.1 Å². The molecule has 126 valence electrons. The predicted molar refractivity (Wildman–Crippen MR) is 85.2 cm³/mol. The number of alkyl halides is 3. The molecule has 0 atom stereocenters. The molecule has 3 heterocycles. The Morgan fingerprint density at radius 3 is 2.52 bits per heavy atom. The number of fused-ring (bicyclic) bond motifs is 1. The van der Waals surface area contributed by atoms with Crippen molar-refractivity contribution < 1.29 is 13.2 Å². The van der Waals surface area contributed by atoms with E-state index in [0.29, 0.717) is 11.2 Å². The summed E-state index contributed by atoms with van der Waals surface area (Å²) in [6, 6.07) is 12.7. The summed E-state index contributed by atoms with van der Waals surface area (Å²) in [4.78, 5) is 3.78. The number of hydrogen-bond donors (Lipinski definition) is 0. The Kier molecular flexibility index (Phi) is 3.52. The molecular formula is C17H12F3N5. The van der Waals surface area contributed by atoms with Crippen LogP contribution < -0.4 is 0 Å². The Morgan fingerprint density at radius 1 is 0.960 bits per heavy atom. The summed E-state index contributed by atoms with van der Waals surface area (Å²) >= 11 is 0. The van der Waals surface area contributed by atoms with Gasteiger partial charge in [-0.1, -0.05) is 18.2 Å². The maximum absolute atomic E-state index is 13.2. The van der Waals surface area contributed by atoms with Crippen LogP contribution in [0, 0.1) is 0 Å². The van der Waals surface area contributed by atoms with Crippen molar-refractivity contribution in [1.82, 2.24) is 24.5 Å². The first-order chi connectivity index (χ1) is 12.0. The van der Waals surface area contributed by atoms with Gasteiger partial charge in [-0.25, -0.2) is 4.68 Å². The number of benzene rings is 1. The van der Waals surface area contributed by atoms with Crippen molar-refractivity contribution in [2.24, 2.45) is 0 Å². The molecule has 3 aromatic heterocycles. The molecule has 0 aliphatic rings. The molecule has 0 saturated carbocycles. The van der Waals surface area contributed by atoms with Crippen LogP contribution in [0.5, 0.6) is 0 Å². The Labute approximate surface area is 140 Å². The number of aromatic nitrogens is 5. The zero-order valence-electron chi connectivity index (χ0n) is 12.9. The topological polar surface area (TPSA) is 48.5 Å². The summed E-state index contributed by atoms with van der Waals surface area (Å²) in [7, 11) is 0. The molecule has 25 heavy (non-hydrogen) atoms. The average Bonchev–Trinajstić information content (AvgIpc) is 3.21. The summed E-state index contributed by atoms with van der Waals surface area (Å²) in [6.07, 6.45) is -0.133. The van der Waals surface area contributed by atoms with Crippen molar-refractivity contribution in [3.8, 4) is 5.69 Å². The molecule has 5 nitrogen and oxygen atoms in total. The molecule has 1 aromatic carbocycles. The fraction of sp³-hybridized carbons (Fsp3) is 0.118. The number of halogens is 3. The zero-order chi connectivity index (χ0) is 17.4. The maximum atomic E-state index is 13.2. The first-order valence-corrected chi connectivity index (χ1v) is 7.50. The predicted octanol–water partition coefficient (Wildman–Crippen LogP) is 3.68. The van der Waals surface area contributed by atoms with Gasteiger partial charge in [-0.15, -0.1) is 0 Å². The van der Waals surface area contributed by atoms with Gasteiger partial charge >= 0.3 is 6.18 Å². The van der Waals surface area contributed by atoms with Gasteiger partial charge in [-0.2, -0.15) is 23.4 Å². The SMILES string of the molecule is FC(F)(F)c1nn(Cc2ccn(-c3ccccc3)n2)c2ccncc12. The lowest BCUT2D eigenvalue weighted by Crippen LogP contribution is -2.09. The van der Waals surface area contributed by atoms with E-state index in [1.165, 1.54) is 23.1 Å². The third-order valence-electron chi connectivity index (χ3n) is 3.80. The van der Waals surface area contributed by atoms with Gasteiger partial charge < -0.3 is 0 Å². The number of nitrogens with zero attached hydrogens (tertiary/aromatic N) is 5. The van der Waals surface area contributed by atoms with Gasteiger partial charge in [0.2, 0.25) is 0 Å². The normalized spacial score (nSPS) is 12.0. The molecule has 4 aromatic rings. The number of pyridine rings is 1. The molecule has 0 aliphatic carbocycles. The first-order valence-electron chi connectivity index (χ1n) is 7.50. The molecule has 0 fully saturated rings. The zero-order valence-corrected chi connectivity index (χ0v) is 12.9. The molecule has 0 bridgehead atoms. The van der Waals surface area contributed by atoms with Crippen LogP contribution >= 0.6 is 0 Å². The Bertz CT molecular complexity index is 1020. The van der Waals surface area contributed by atoms with Gasteiger partial charge in [0, 0.05) is 18.6 Å². The third-order valence-corrected chi connectivity index (χ3v) is 3.80. The first kappa shape index (κ1) is 15.4. The van der Waals surface area contributed by atoms with E-state index in [-0.39, 0.29) is 11.9 Å². The number of para-hydroxylation sites is 1. The van der Waals surface area contributed by atoms with Crippen LogP contribution in [-0.4, -0.2) is 24.5 Å². The van der Waals surface area contributed by atoms with E-state index in [1.807, 2.05) is 30.3 Å². The molecule has 0 saturated heterocycles. The van der Waals surface area contributed by atoms with Crippen LogP contribution in [0.4, 0.5) is 13.2 Å². The second kappa shape index (κ2) is 5.73. The fourth-order valence-corrected chi connectivity index (χ4v) is 2.68. The Hall–Kier alpha value is -3.16. The smallest absolute Gasteiger partial charge is 0.264 e. The highest BCUT2D eigenvalue weighted by molar-refractivity contribution is 5.81. The molecule has 0 aliphatic heterocycles. The number of rotatable bonds is 3. The van der Waals surface area contributed by atoms with Gasteiger partial charge in [0.25, 0.3) is 0 Å². The molecule has 0 amide bonds. The van der Waals surface area contributed by atoms with Crippen molar-refractivity contribution >= 4 is 10.9 Å². The summed E-state index contributed by atoms with van der Waals surface area (Å²) in [5.41, 5.74) is 0.924. The van der Waals surface area contributed by atoms with E-state index in [4.69, 9.17) is 0 Å². The van der Waals surface area contributed by atoms with Crippen molar-refractivity contribution in [3.63, 3.8) is 0 Å². The van der Waals surface area contributed by atoms with E-state index >= 15 is 0 Å². The van der Waals surface area contributed by atoms with Crippen molar-refractivity contribution in [2.45, 2.75) is 12.7 Å². The second-order valence-electron chi connectivity index (χ2n) is 5.48. The van der Waals surface area contributed by atoms with Gasteiger partial charge in [0.15, 0.2) is 5.69 Å². The van der Waals surface area contributed by atoms with Crippen molar-refractivity contribution in [2.75, 3.05) is 0 Å². The van der Waals surface area contributed by atoms with Crippen molar-refractivity contribution in [3.05, 3.63) is 72.4 Å². The van der Waals surface area contributed by atoms with Crippen LogP contribution in [0.1, 0.15) is 11.4 Å². The molecule has 0 radical (unpaired) electrons. The van der Waals surface area contributed by atoms with Gasteiger partial charge in [0.05, 0.1) is 28.8 Å². The largest absolute Gasteiger partial charge is 0.435 e. The molecule has 8 heteroatoms. The highest BCUT2D eigenvalue weighted by Crippen LogP contribution is 2.33. The molecule has 0 N–H and O–H groups in total. The summed E-state index contributed by atoms with van der Waals surface area (Å²) in [5.74, 6) is 0. The lowest BCUT2D eigenvalue weighted by molar-refractivity contribution is -0.140. The second-order valence-corrected chi connectivity index (χ2v) is 5.48. The summed E-state index contributed by atoms with van der Waals surface area (Å²) in [5, 5.41) is 8.14. The van der Waals surface area contributed by atoms with Crippen molar-refractivity contribution in [1.29, 1.82) is 0 Å². The minimum Gasteiger partial charge on any atom is -0.264 e. The van der Waals surface area contributed by atoms with E-state index in [2.05, 4.69) is 15.2 Å². The minimum atomic E-state index is -4.53. The van der Waals surface area contributed by atoms with Crippen LogP contribution in [0.25, 0.3) is 16.6 Å².